The van der Waals surface area contributed by atoms with E-state index >= 15 is 0 Å². The smallest absolute Gasteiger partial charge is 0.305 e. The lowest BCUT2D eigenvalue weighted by atomic mass is 10.00. The molecule has 1 rings (SSSR count). The highest BCUT2D eigenvalue weighted by molar-refractivity contribution is 9.10. The van der Waals surface area contributed by atoms with E-state index in [1.807, 2.05) is 32.9 Å². The van der Waals surface area contributed by atoms with Crippen molar-refractivity contribution in [1.29, 1.82) is 0 Å². The molecule has 0 aliphatic carbocycles. The summed E-state index contributed by atoms with van der Waals surface area (Å²) in [6, 6.07) is 5.08. The summed E-state index contributed by atoms with van der Waals surface area (Å²) < 4.78 is 0.822. The largest absolute Gasteiger partial charge is 0.481 e. The number of aliphatic carboxylic acids is 1. The molecule has 4 nitrogen and oxygen atoms in total. The maximum absolute atomic E-state index is 12.2. The van der Waals surface area contributed by atoms with Crippen molar-refractivity contribution in [2.24, 2.45) is 5.92 Å². The maximum Gasteiger partial charge on any atom is 0.305 e. The second-order valence-corrected chi connectivity index (χ2v) is 5.80. The molecule has 0 aromatic heterocycles. The number of aryl methyl sites for hydroxylation is 1. The van der Waals surface area contributed by atoms with Crippen molar-refractivity contribution < 1.29 is 14.7 Å². The number of halogens is 1. The standard InChI is InChI=1S/C14H18BrNO3/c1-8(2)12(7-13(17)18)16-14(19)11-6-10(15)5-4-9(11)3/h4-6,8,12H,7H2,1-3H3,(H,16,19)(H,17,18). The van der Waals surface area contributed by atoms with Gasteiger partial charge in [0.1, 0.15) is 0 Å². The zero-order valence-corrected chi connectivity index (χ0v) is 12.8. The third-order valence-electron chi connectivity index (χ3n) is 2.96. The van der Waals surface area contributed by atoms with Crippen LogP contribution in [0.25, 0.3) is 0 Å². The minimum absolute atomic E-state index is 0.0625. The molecule has 0 bridgehead atoms. The first-order valence-electron chi connectivity index (χ1n) is 6.10. The number of carbonyl (C=O) groups is 2. The lowest BCUT2D eigenvalue weighted by molar-refractivity contribution is -0.137. The molecule has 1 atom stereocenters. The zero-order chi connectivity index (χ0) is 14.6. The van der Waals surface area contributed by atoms with E-state index in [1.54, 1.807) is 6.07 Å². The molecule has 2 N–H and O–H groups in total. The Morgan fingerprint density at radius 2 is 2.00 bits per heavy atom. The molecule has 1 unspecified atom stereocenters. The van der Waals surface area contributed by atoms with Crippen LogP contribution in [0.4, 0.5) is 0 Å². The van der Waals surface area contributed by atoms with E-state index < -0.39 is 5.97 Å². The molecule has 0 fully saturated rings. The van der Waals surface area contributed by atoms with Crippen LogP contribution in [0.2, 0.25) is 0 Å². The molecule has 1 aromatic rings. The van der Waals surface area contributed by atoms with Gasteiger partial charge in [-0.3, -0.25) is 9.59 Å². The Labute approximate surface area is 121 Å². The van der Waals surface area contributed by atoms with Crippen molar-refractivity contribution in [3.63, 3.8) is 0 Å². The van der Waals surface area contributed by atoms with Gasteiger partial charge in [0.25, 0.3) is 5.91 Å². The molecule has 0 aliphatic heterocycles. The van der Waals surface area contributed by atoms with Crippen LogP contribution in [0.3, 0.4) is 0 Å². The molecule has 0 radical (unpaired) electrons. The molecule has 1 amide bonds. The van der Waals surface area contributed by atoms with Gasteiger partial charge in [-0.25, -0.2) is 0 Å². The fraction of sp³-hybridized carbons (Fsp3) is 0.429. The Bertz CT molecular complexity index is 486. The first kappa shape index (κ1) is 15.7. The molecular formula is C14H18BrNO3. The Balaban J connectivity index is 2.87. The van der Waals surface area contributed by atoms with Gasteiger partial charge in [-0.2, -0.15) is 0 Å². The topological polar surface area (TPSA) is 66.4 Å². The summed E-state index contributed by atoms with van der Waals surface area (Å²) in [5.74, 6) is -1.09. The summed E-state index contributed by atoms with van der Waals surface area (Å²) >= 11 is 3.33. The average Bonchev–Trinajstić information content (AvgIpc) is 2.30. The lowest BCUT2D eigenvalue weighted by Crippen LogP contribution is -2.40. The SMILES string of the molecule is Cc1ccc(Br)cc1C(=O)NC(CC(=O)O)C(C)C. The number of benzene rings is 1. The highest BCUT2D eigenvalue weighted by Gasteiger charge is 2.20. The van der Waals surface area contributed by atoms with Crippen LogP contribution < -0.4 is 5.32 Å². The number of hydrogen-bond acceptors (Lipinski definition) is 2. The second kappa shape index (κ2) is 6.70. The molecule has 0 heterocycles. The molecule has 1 aromatic carbocycles. The highest BCUT2D eigenvalue weighted by atomic mass is 79.9. The summed E-state index contributed by atoms with van der Waals surface area (Å²) in [5, 5.41) is 11.6. The van der Waals surface area contributed by atoms with Gasteiger partial charge < -0.3 is 10.4 Å². The van der Waals surface area contributed by atoms with E-state index in [0.29, 0.717) is 5.56 Å². The molecule has 0 saturated heterocycles. The van der Waals surface area contributed by atoms with Gasteiger partial charge in [0, 0.05) is 16.1 Å². The Hall–Kier alpha value is -1.36. The number of carboxylic acids is 1. The predicted octanol–water partition coefficient (Wildman–Crippen LogP) is 2.99. The molecule has 5 heteroatoms. The van der Waals surface area contributed by atoms with Crippen LogP contribution in [0.5, 0.6) is 0 Å². The number of carbonyl (C=O) groups excluding carboxylic acids is 1. The van der Waals surface area contributed by atoms with Gasteiger partial charge in [-0.1, -0.05) is 35.8 Å². The molecule has 0 spiro atoms. The molecule has 0 saturated carbocycles. The van der Waals surface area contributed by atoms with Crippen molar-refractivity contribution in [2.75, 3.05) is 0 Å². The van der Waals surface area contributed by atoms with Crippen LogP contribution >= 0.6 is 15.9 Å². The van der Waals surface area contributed by atoms with Crippen molar-refractivity contribution in [3.8, 4) is 0 Å². The normalized spacial score (nSPS) is 12.3. The van der Waals surface area contributed by atoms with E-state index in [-0.39, 0.29) is 24.3 Å². The minimum atomic E-state index is -0.912. The van der Waals surface area contributed by atoms with Crippen LogP contribution in [0.1, 0.15) is 36.2 Å². The van der Waals surface area contributed by atoms with Gasteiger partial charge in [0.05, 0.1) is 6.42 Å². The fourth-order valence-electron chi connectivity index (χ4n) is 1.73. The van der Waals surface area contributed by atoms with Gasteiger partial charge >= 0.3 is 5.97 Å². The number of carboxylic acid groups (broad SMARTS) is 1. The molecule has 19 heavy (non-hydrogen) atoms. The highest BCUT2D eigenvalue weighted by Crippen LogP contribution is 2.17. The molecule has 0 aliphatic rings. The van der Waals surface area contributed by atoms with Crippen LogP contribution in [-0.2, 0) is 4.79 Å². The van der Waals surface area contributed by atoms with Crippen LogP contribution in [0.15, 0.2) is 22.7 Å². The third kappa shape index (κ3) is 4.67. The van der Waals surface area contributed by atoms with Gasteiger partial charge in [0.2, 0.25) is 0 Å². The first-order valence-corrected chi connectivity index (χ1v) is 6.89. The second-order valence-electron chi connectivity index (χ2n) is 4.88. The summed E-state index contributed by atoms with van der Waals surface area (Å²) in [6.45, 7) is 5.63. The summed E-state index contributed by atoms with van der Waals surface area (Å²) in [6.07, 6.45) is -0.0730. The van der Waals surface area contributed by atoms with Crippen molar-refractivity contribution in [2.45, 2.75) is 33.2 Å². The summed E-state index contributed by atoms with van der Waals surface area (Å²) in [7, 11) is 0. The van der Waals surface area contributed by atoms with E-state index in [2.05, 4.69) is 21.2 Å². The number of amides is 1. The van der Waals surface area contributed by atoms with E-state index in [4.69, 9.17) is 5.11 Å². The first-order chi connectivity index (χ1) is 8.81. The predicted molar refractivity (Wildman–Crippen MR) is 77.2 cm³/mol. The number of hydrogen-bond donors (Lipinski definition) is 2. The lowest BCUT2D eigenvalue weighted by Gasteiger charge is -2.21. The van der Waals surface area contributed by atoms with Gasteiger partial charge in [0.15, 0.2) is 0 Å². The summed E-state index contributed by atoms with van der Waals surface area (Å²) in [4.78, 5) is 23.0. The average molecular weight is 328 g/mol. The monoisotopic (exact) mass is 327 g/mol. The molecule has 104 valence electrons. The van der Waals surface area contributed by atoms with Crippen molar-refractivity contribution in [1.82, 2.24) is 5.32 Å². The fourth-order valence-corrected chi connectivity index (χ4v) is 2.09. The third-order valence-corrected chi connectivity index (χ3v) is 3.45. The van der Waals surface area contributed by atoms with Crippen molar-refractivity contribution >= 4 is 27.8 Å². The number of nitrogens with one attached hydrogen (secondary N) is 1. The Morgan fingerprint density at radius 1 is 1.37 bits per heavy atom. The van der Waals surface area contributed by atoms with E-state index in [1.165, 1.54) is 0 Å². The van der Waals surface area contributed by atoms with E-state index in [0.717, 1.165) is 10.0 Å². The van der Waals surface area contributed by atoms with Gasteiger partial charge in [-0.15, -0.1) is 0 Å². The van der Waals surface area contributed by atoms with Crippen LogP contribution in [0, 0.1) is 12.8 Å². The van der Waals surface area contributed by atoms with Gasteiger partial charge in [-0.05, 0) is 30.5 Å². The van der Waals surface area contributed by atoms with E-state index in [9.17, 15) is 9.59 Å². The minimum Gasteiger partial charge on any atom is -0.481 e. The number of rotatable bonds is 5. The molecular weight excluding hydrogens is 310 g/mol. The van der Waals surface area contributed by atoms with Crippen LogP contribution in [-0.4, -0.2) is 23.0 Å². The Morgan fingerprint density at radius 3 is 2.53 bits per heavy atom. The maximum atomic E-state index is 12.2. The summed E-state index contributed by atoms with van der Waals surface area (Å²) in [5.41, 5.74) is 1.42. The van der Waals surface area contributed by atoms with Crippen molar-refractivity contribution in [3.05, 3.63) is 33.8 Å². The Kier molecular flexibility index (Phi) is 5.54. The quantitative estimate of drug-likeness (QED) is 0.873. The zero-order valence-electron chi connectivity index (χ0n) is 11.2.